The molecule has 0 aromatic rings. The Morgan fingerprint density at radius 1 is 0.667 bits per heavy atom. The van der Waals surface area contributed by atoms with Crippen molar-refractivity contribution in [2.45, 2.75) is 52.4 Å². The zero-order valence-corrected chi connectivity index (χ0v) is 6.24. The first-order chi connectivity index (χ1) is 3.91. The van der Waals surface area contributed by atoms with Crippen LogP contribution in [0.15, 0.2) is 0 Å². The Balaban J connectivity index is 0. The average Bonchev–Trinajstić information content (AvgIpc) is 1.81. The molecule has 0 nitrogen and oxygen atoms in total. The molecule has 9 heavy (non-hydrogen) atoms. The van der Waals surface area contributed by atoms with Crippen molar-refractivity contribution in [1.29, 1.82) is 0 Å². The molecule has 0 atom stereocenters. The van der Waals surface area contributed by atoms with Gasteiger partial charge in [0.1, 0.15) is 0 Å². The van der Waals surface area contributed by atoms with E-state index in [9.17, 15) is 0 Å². The molecule has 1 heteroatoms. The van der Waals surface area contributed by atoms with E-state index in [1.54, 1.807) is 0 Å². The number of rotatable bonds is 5. The van der Waals surface area contributed by atoms with Crippen LogP contribution in [-0.2, 0) is 0 Å². The molecule has 0 N–H and O–H groups in total. The summed E-state index contributed by atoms with van der Waals surface area (Å²) >= 11 is 0. The molecule has 0 heterocycles. The van der Waals surface area contributed by atoms with E-state index in [1.165, 1.54) is 38.5 Å². The Morgan fingerprint density at radius 3 is 1.22 bits per heavy atom. The maximum absolute atomic E-state index is 2.26. The van der Waals surface area contributed by atoms with Gasteiger partial charge in [-0.3, -0.25) is 0 Å². The Kier molecular flexibility index (Phi) is 16.0. The van der Waals surface area contributed by atoms with Crippen LogP contribution in [0, 0.1) is 0 Å². The second kappa shape index (κ2) is 11.6. The summed E-state index contributed by atoms with van der Waals surface area (Å²) in [6.07, 6.45) is 8.49. The van der Waals surface area contributed by atoms with Crippen molar-refractivity contribution in [2.75, 3.05) is 0 Å². The van der Waals surface area contributed by atoms with E-state index in [4.69, 9.17) is 0 Å². The molecule has 0 rings (SSSR count). The van der Waals surface area contributed by atoms with E-state index in [-0.39, 0.29) is 23.9 Å². The first kappa shape index (κ1) is 12.5. The van der Waals surface area contributed by atoms with Crippen molar-refractivity contribution in [3.63, 3.8) is 0 Å². The van der Waals surface area contributed by atoms with Crippen molar-refractivity contribution in [3.05, 3.63) is 0 Å². The Hall–Kier alpha value is 0.799. The summed E-state index contributed by atoms with van der Waals surface area (Å²) in [6, 6.07) is 0. The molecule has 0 aliphatic heterocycles. The van der Waals surface area contributed by atoms with Crippen LogP contribution in [0.1, 0.15) is 52.4 Å². The third kappa shape index (κ3) is 12.1. The second-order valence-electron chi connectivity index (χ2n) is 2.41. The monoisotopic (exact) mass is 238 g/mol. The SMILES string of the molecule is CCCCCCCC.[SnH4]. The van der Waals surface area contributed by atoms with Crippen LogP contribution in [0.3, 0.4) is 0 Å². The first-order valence-corrected chi connectivity index (χ1v) is 3.91. The van der Waals surface area contributed by atoms with E-state index < -0.39 is 0 Å². The molecular weight excluding hydrogens is 215 g/mol. The fourth-order valence-electron chi connectivity index (χ4n) is 0.854. The van der Waals surface area contributed by atoms with Crippen LogP contribution in [0.2, 0.25) is 0 Å². The maximum atomic E-state index is 2.26. The minimum absolute atomic E-state index is 0. The molecule has 0 radical (unpaired) electrons. The zero-order valence-electron chi connectivity index (χ0n) is 6.24. The molecule has 0 aromatic carbocycles. The second-order valence-corrected chi connectivity index (χ2v) is 2.41. The van der Waals surface area contributed by atoms with Gasteiger partial charge in [-0.1, -0.05) is 52.4 Å². The molecule has 0 saturated carbocycles. The van der Waals surface area contributed by atoms with Crippen molar-refractivity contribution in [1.82, 2.24) is 0 Å². The summed E-state index contributed by atoms with van der Waals surface area (Å²) < 4.78 is 0. The quantitative estimate of drug-likeness (QED) is 0.506. The molecule has 0 aliphatic carbocycles. The summed E-state index contributed by atoms with van der Waals surface area (Å²) in [7, 11) is 0. The number of hydrogen-bond donors (Lipinski definition) is 0. The van der Waals surface area contributed by atoms with Gasteiger partial charge >= 0.3 is 23.9 Å². The average molecular weight is 237 g/mol. The molecule has 0 amide bonds. The molecule has 0 bridgehead atoms. The fraction of sp³-hybridized carbons (Fsp3) is 1.00. The van der Waals surface area contributed by atoms with Gasteiger partial charge in [-0.05, 0) is 0 Å². The predicted octanol–water partition coefficient (Wildman–Crippen LogP) is 1.92. The molecule has 0 saturated heterocycles. The number of hydrogen-bond acceptors (Lipinski definition) is 0. The van der Waals surface area contributed by atoms with E-state index in [1.807, 2.05) is 0 Å². The summed E-state index contributed by atoms with van der Waals surface area (Å²) in [5.41, 5.74) is 0. The van der Waals surface area contributed by atoms with Gasteiger partial charge in [0.25, 0.3) is 0 Å². The molecule has 0 fully saturated rings. The molecular formula is C8H22Sn. The normalized spacial score (nSPS) is 8.67. The third-order valence-corrected chi connectivity index (χ3v) is 1.46. The van der Waals surface area contributed by atoms with E-state index in [0.717, 1.165) is 0 Å². The topological polar surface area (TPSA) is 0 Å². The van der Waals surface area contributed by atoms with Gasteiger partial charge in [0.15, 0.2) is 0 Å². The summed E-state index contributed by atoms with van der Waals surface area (Å²) in [4.78, 5) is 0. The third-order valence-electron chi connectivity index (χ3n) is 1.46. The zero-order chi connectivity index (χ0) is 6.24. The van der Waals surface area contributed by atoms with Gasteiger partial charge < -0.3 is 0 Å². The number of unbranched alkanes of at least 4 members (excludes halogenated alkanes) is 5. The summed E-state index contributed by atoms with van der Waals surface area (Å²) in [5, 5.41) is 0. The van der Waals surface area contributed by atoms with E-state index in [2.05, 4.69) is 13.8 Å². The van der Waals surface area contributed by atoms with Crippen LogP contribution in [-0.4, -0.2) is 23.9 Å². The Labute approximate surface area is 76.4 Å². The Morgan fingerprint density at radius 2 is 1.00 bits per heavy atom. The first-order valence-electron chi connectivity index (χ1n) is 3.91. The Bertz CT molecular complexity index is 29.5. The molecule has 0 aromatic heterocycles. The van der Waals surface area contributed by atoms with Crippen LogP contribution >= 0.6 is 0 Å². The van der Waals surface area contributed by atoms with E-state index in [0.29, 0.717) is 0 Å². The van der Waals surface area contributed by atoms with Crippen molar-refractivity contribution in [3.8, 4) is 0 Å². The predicted molar refractivity (Wildman–Crippen MR) is 50.4 cm³/mol. The van der Waals surface area contributed by atoms with Crippen LogP contribution in [0.4, 0.5) is 0 Å². The fourth-order valence-corrected chi connectivity index (χ4v) is 0.854. The van der Waals surface area contributed by atoms with Gasteiger partial charge in [-0.25, -0.2) is 0 Å². The van der Waals surface area contributed by atoms with Gasteiger partial charge in [-0.2, -0.15) is 0 Å². The van der Waals surface area contributed by atoms with Crippen molar-refractivity contribution >= 4 is 23.9 Å². The van der Waals surface area contributed by atoms with Crippen LogP contribution < -0.4 is 0 Å². The van der Waals surface area contributed by atoms with Gasteiger partial charge in [0.2, 0.25) is 0 Å². The summed E-state index contributed by atoms with van der Waals surface area (Å²) in [5.74, 6) is 0. The summed E-state index contributed by atoms with van der Waals surface area (Å²) in [6.45, 7) is 4.51. The van der Waals surface area contributed by atoms with Gasteiger partial charge in [0, 0.05) is 0 Å². The molecule has 0 aliphatic rings. The van der Waals surface area contributed by atoms with Crippen LogP contribution in [0.5, 0.6) is 0 Å². The van der Waals surface area contributed by atoms with Crippen molar-refractivity contribution in [2.24, 2.45) is 0 Å². The van der Waals surface area contributed by atoms with Gasteiger partial charge in [0.05, 0.1) is 0 Å². The molecule has 58 valence electrons. The van der Waals surface area contributed by atoms with Gasteiger partial charge in [-0.15, -0.1) is 0 Å². The van der Waals surface area contributed by atoms with Crippen molar-refractivity contribution < 1.29 is 0 Å². The minimum atomic E-state index is 0. The van der Waals surface area contributed by atoms with Crippen LogP contribution in [0.25, 0.3) is 0 Å². The standard InChI is InChI=1S/C8H18.Sn.4H/c1-3-5-7-8-6-4-2;;;;;/h3-8H2,1-2H3;;;;;. The molecule has 0 unspecified atom stereocenters. The van der Waals surface area contributed by atoms with E-state index >= 15 is 0 Å². The molecule has 0 spiro atoms.